The molecule has 8 nitrogen and oxygen atoms in total. The predicted octanol–water partition coefficient (Wildman–Crippen LogP) is -2.51. The van der Waals surface area contributed by atoms with E-state index in [-0.39, 0.29) is 6.54 Å². The maximum Gasteiger partial charge on any atom is 0.469 e. The van der Waals surface area contributed by atoms with E-state index in [1.807, 2.05) is 0 Å². The number of likely N-dealkylation sites (N-methyl/N-ethyl adjacent to an activating group) is 1. The maximum atomic E-state index is 10.5. The topological polar surface area (TPSA) is 131 Å². The Hall–Kier alpha value is -0.0500. The molecule has 0 bridgehead atoms. The van der Waals surface area contributed by atoms with E-state index in [1.165, 1.54) is 4.90 Å². The zero-order valence-corrected chi connectivity index (χ0v) is 9.57. The molecule has 0 aromatic rings. The highest BCUT2D eigenvalue weighted by atomic mass is 31.2. The van der Waals surface area contributed by atoms with Gasteiger partial charge in [-0.25, -0.2) is 4.57 Å². The van der Waals surface area contributed by atoms with E-state index in [0.29, 0.717) is 0 Å². The summed E-state index contributed by atoms with van der Waals surface area (Å²) in [7, 11) is -3.05. The molecule has 0 radical (unpaired) electrons. The molecule has 4 atom stereocenters. The zero-order chi connectivity index (χ0) is 12.5. The maximum absolute atomic E-state index is 10.5. The van der Waals surface area contributed by atoms with Gasteiger partial charge in [-0.3, -0.25) is 9.42 Å². The number of hydrogen-bond donors (Lipinski definition) is 5. The highest BCUT2D eigenvalue weighted by Gasteiger charge is 2.40. The van der Waals surface area contributed by atoms with Crippen LogP contribution in [0.3, 0.4) is 0 Å². The van der Waals surface area contributed by atoms with E-state index >= 15 is 0 Å². The molecule has 96 valence electrons. The summed E-state index contributed by atoms with van der Waals surface area (Å²) in [5.74, 6) is 0. The van der Waals surface area contributed by atoms with Crippen molar-refractivity contribution in [3.63, 3.8) is 0 Å². The molecule has 0 aromatic heterocycles. The molecule has 1 rings (SSSR count). The second-order valence-corrected chi connectivity index (χ2v) is 5.08. The molecule has 0 aromatic carbocycles. The number of aliphatic hydroxyl groups is 3. The molecule has 1 saturated heterocycles. The third-order valence-corrected chi connectivity index (χ3v) is 3.08. The van der Waals surface area contributed by atoms with Crippen molar-refractivity contribution in [2.45, 2.75) is 24.4 Å². The normalized spacial score (nSPS) is 37.6. The van der Waals surface area contributed by atoms with Crippen LogP contribution in [0.25, 0.3) is 0 Å². The number of β-amino-alcohol motifs (C(OH)–C–C–N with tert-alkyl or cyclic N) is 1. The van der Waals surface area contributed by atoms with Crippen LogP contribution in [0.15, 0.2) is 0 Å². The van der Waals surface area contributed by atoms with Crippen molar-refractivity contribution in [1.82, 2.24) is 4.90 Å². The minimum absolute atomic E-state index is 0.0907. The fraction of sp³-hybridized carbons (Fsp3) is 1.00. The smallest absolute Gasteiger partial charge is 0.389 e. The van der Waals surface area contributed by atoms with Gasteiger partial charge in [-0.2, -0.15) is 0 Å². The van der Waals surface area contributed by atoms with E-state index in [0.717, 1.165) is 0 Å². The van der Waals surface area contributed by atoms with Gasteiger partial charge in [-0.15, -0.1) is 0 Å². The number of likely N-dealkylation sites (tertiary alicyclic amines) is 1. The first-order valence-corrected chi connectivity index (χ1v) is 6.20. The Morgan fingerprint density at radius 3 is 2.38 bits per heavy atom. The second-order valence-electron chi connectivity index (χ2n) is 3.84. The highest BCUT2D eigenvalue weighted by Crippen LogP contribution is 2.36. The minimum Gasteiger partial charge on any atom is -0.389 e. The average molecular weight is 257 g/mol. The standard InChI is InChI=1S/C7H16NO7P/c1-8-2-5(9)7(11)6(10)4(8)3-15-16(12,13)14/h4-7,9-11H,2-3H2,1H3,(H2,12,13,14). The summed E-state index contributed by atoms with van der Waals surface area (Å²) in [6, 6.07) is -0.772. The van der Waals surface area contributed by atoms with Crippen LogP contribution in [-0.2, 0) is 9.09 Å². The van der Waals surface area contributed by atoms with Crippen LogP contribution in [0.5, 0.6) is 0 Å². The molecule has 1 aliphatic rings. The lowest BCUT2D eigenvalue weighted by Gasteiger charge is -2.41. The summed E-state index contributed by atoms with van der Waals surface area (Å²) in [6.07, 6.45) is -3.76. The monoisotopic (exact) mass is 257 g/mol. The lowest BCUT2D eigenvalue weighted by molar-refractivity contribution is -0.138. The number of nitrogens with zero attached hydrogens (tertiary/aromatic N) is 1. The van der Waals surface area contributed by atoms with E-state index in [9.17, 15) is 19.9 Å². The van der Waals surface area contributed by atoms with Crippen LogP contribution >= 0.6 is 7.82 Å². The van der Waals surface area contributed by atoms with E-state index in [1.54, 1.807) is 7.05 Å². The first-order chi connectivity index (χ1) is 7.22. The number of phosphoric acid groups is 1. The number of aliphatic hydroxyl groups excluding tert-OH is 3. The molecule has 1 aliphatic heterocycles. The molecule has 1 heterocycles. The lowest BCUT2D eigenvalue weighted by atomic mass is 9.95. The van der Waals surface area contributed by atoms with Gasteiger partial charge in [0, 0.05) is 6.54 Å². The molecule has 0 saturated carbocycles. The summed E-state index contributed by atoms with van der Waals surface area (Å²) in [4.78, 5) is 18.5. The summed E-state index contributed by atoms with van der Waals surface area (Å²) in [5.41, 5.74) is 0. The lowest BCUT2D eigenvalue weighted by Crippen LogP contribution is -2.61. The minimum atomic E-state index is -4.60. The molecular formula is C7H16NO7P. The van der Waals surface area contributed by atoms with Crippen molar-refractivity contribution in [1.29, 1.82) is 0 Å². The van der Waals surface area contributed by atoms with Gasteiger partial charge in [0.2, 0.25) is 0 Å². The van der Waals surface area contributed by atoms with Crippen LogP contribution in [0.4, 0.5) is 0 Å². The molecule has 4 unspecified atom stereocenters. The summed E-state index contributed by atoms with van der Waals surface area (Å²) < 4.78 is 14.8. The summed E-state index contributed by atoms with van der Waals surface area (Å²) in [6.45, 7) is -0.334. The molecule has 5 N–H and O–H groups in total. The van der Waals surface area contributed by atoms with Gasteiger partial charge >= 0.3 is 7.82 Å². The number of piperidine rings is 1. The third-order valence-electron chi connectivity index (χ3n) is 2.59. The van der Waals surface area contributed by atoms with Gasteiger partial charge in [0.1, 0.15) is 12.2 Å². The van der Waals surface area contributed by atoms with E-state index in [4.69, 9.17) is 9.79 Å². The molecule has 9 heteroatoms. The molecule has 1 fully saturated rings. The predicted molar refractivity (Wildman–Crippen MR) is 52.4 cm³/mol. The summed E-state index contributed by atoms with van der Waals surface area (Å²) >= 11 is 0. The van der Waals surface area contributed by atoms with Crippen molar-refractivity contribution < 1.29 is 34.2 Å². The highest BCUT2D eigenvalue weighted by molar-refractivity contribution is 7.46. The molecule has 0 aliphatic carbocycles. The Bertz CT molecular complexity index is 282. The van der Waals surface area contributed by atoms with Gasteiger partial charge in [0.15, 0.2) is 0 Å². The first-order valence-electron chi connectivity index (χ1n) is 4.67. The number of hydrogen-bond acceptors (Lipinski definition) is 6. The molecule has 0 amide bonds. The van der Waals surface area contributed by atoms with Gasteiger partial charge < -0.3 is 25.1 Å². The van der Waals surface area contributed by atoms with Crippen LogP contribution < -0.4 is 0 Å². The Kier molecular flexibility index (Phi) is 4.44. The van der Waals surface area contributed by atoms with Crippen molar-refractivity contribution in [3.8, 4) is 0 Å². The average Bonchev–Trinajstić information content (AvgIpc) is 2.12. The second kappa shape index (κ2) is 5.07. The fourth-order valence-corrected chi connectivity index (χ4v) is 2.00. The van der Waals surface area contributed by atoms with Crippen molar-refractivity contribution >= 4 is 7.82 Å². The largest absolute Gasteiger partial charge is 0.469 e. The molecule has 0 spiro atoms. The van der Waals surface area contributed by atoms with Gasteiger partial charge in [-0.1, -0.05) is 0 Å². The van der Waals surface area contributed by atoms with Gasteiger partial charge in [0.25, 0.3) is 0 Å². The Morgan fingerprint density at radius 1 is 1.31 bits per heavy atom. The van der Waals surface area contributed by atoms with E-state index < -0.39 is 38.8 Å². The Balaban J connectivity index is 2.61. The molecular weight excluding hydrogens is 241 g/mol. The fourth-order valence-electron chi connectivity index (χ4n) is 1.65. The third kappa shape index (κ3) is 3.47. The van der Waals surface area contributed by atoms with E-state index in [2.05, 4.69) is 4.52 Å². The first kappa shape index (κ1) is 14.0. The van der Waals surface area contributed by atoms with Crippen LogP contribution in [0.1, 0.15) is 0 Å². The Labute approximate surface area is 92.3 Å². The van der Waals surface area contributed by atoms with Crippen LogP contribution in [0, 0.1) is 0 Å². The van der Waals surface area contributed by atoms with Crippen molar-refractivity contribution in [3.05, 3.63) is 0 Å². The van der Waals surface area contributed by atoms with Gasteiger partial charge in [0.05, 0.1) is 18.8 Å². The SMILES string of the molecule is CN1CC(O)C(O)C(O)C1COP(=O)(O)O. The van der Waals surface area contributed by atoms with Crippen LogP contribution in [0.2, 0.25) is 0 Å². The zero-order valence-electron chi connectivity index (χ0n) is 8.67. The Morgan fingerprint density at radius 2 is 1.88 bits per heavy atom. The van der Waals surface area contributed by atoms with Crippen molar-refractivity contribution in [2.75, 3.05) is 20.2 Å². The van der Waals surface area contributed by atoms with Gasteiger partial charge in [-0.05, 0) is 7.05 Å². The summed E-state index contributed by atoms with van der Waals surface area (Å²) in [5, 5.41) is 28.3. The number of phosphoric ester groups is 1. The van der Waals surface area contributed by atoms with Crippen LogP contribution in [-0.4, -0.2) is 74.6 Å². The quantitative estimate of drug-likeness (QED) is 0.350. The molecule has 16 heavy (non-hydrogen) atoms. The van der Waals surface area contributed by atoms with Crippen molar-refractivity contribution in [2.24, 2.45) is 0 Å². The number of rotatable bonds is 3.